The van der Waals surface area contributed by atoms with Crippen LogP contribution in [0, 0.1) is 0 Å². The van der Waals surface area contributed by atoms with Gasteiger partial charge in [0, 0.05) is 11.6 Å². The first-order valence-electron chi connectivity index (χ1n) is 8.48. The normalized spacial score (nSPS) is 11.2. The van der Waals surface area contributed by atoms with E-state index < -0.39 is 0 Å². The molecule has 0 radical (unpaired) electrons. The van der Waals surface area contributed by atoms with E-state index in [0.717, 1.165) is 0 Å². The molecule has 0 aliphatic carbocycles. The molecule has 8 heteroatoms. The van der Waals surface area contributed by atoms with E-state index in [0.29, 0.717) is 50.1 Å². The SMILES string of the molecule is C=CCn1c(SCc2nc3ccc(Cl)cc3c(=O)[nH]2)nc2ccccc2c1=O. The molecule has 0 atom stereocenters. The number of aromatic nitrogens is 4. The largest absolute Gasteiger partial charge is 0.309 e. The minimum Gasteiger partial charge on any atom is -0.309 e. The molecule has 2 aromatic heterocycles. The van der Waals surface area contributed by atoms with E-state index in [4.69, 9.17) is 11.6 Å². The summed E-state index contributed by atoms with van der Waals surface area (Å²) in [5.41, 5.74) is 0.823. The third-order valence-corrected chi connectivity index (χ3v) is 5.42. The van der Waals surface area contributed by atoms with Crippen LogP contribution in [0.1, 0.15) is 5.82 Å². The Labute approximate surface area is 168 Å². The quantitative estimate of drug-likeness (QED) is 0.308. The van der Waals surface area contributed by atoms with E-state index in [1.54, 1.807) is 41.0 Å². The number of halogens is 1. The van der Waals surface area contributed by atoms with Crippen molar-refractivity contribution >= 4 is 45.2 Å². The topological polar surface area (TPSA) is 80.6 Å². The molecule has 0 saturated carbocycles. The van der Waals surface area contributed by atoms with Crippen LogP contribution in [0.2, 0.25) is 5.02 Å². The van der Waals surface area contributed by atoms with Gasteiger partial charge in [0.25, 0.3) is 11.1 Å². The second-order valence-electron chi connectivity index (χ2n) is 6.08. The first-order chi connectivity index (χ1) is 13.6. The molecule has 6 nitrogen and oxygen atoms in total. The van der Waals surface area contributed by atoms with Crippen LogP contribution < -0.4 is 11.1 Å². The molecule has 0 fully saturated rings. The number of nitrogens with one attached hydrogen (secondary N) is 1. The lowest BCUT2D eigenvalue weighted by Crippen LogP contribution is -2.22. The smallest absolute Gasteiger partial charge is 0.262 e. The lowest BCUT2D eigenvalue weighted by molar-refractivity contribution is 0.671. The average molecular weight is 411 g/mol. The number of para-hydroxylation sites is 1. The Morgan fingerprint density at radius 2 is 1.89 bits per heavy atom. The zero-order valence-electron chi connectivity index (χ0n) is 14.7. The minimum atomic E-state index is -0.252. The molecule has 0 bridgehead atoms. The van der Waals surface area contributed by atoms with Gasteiger partial charge in [-0.2, -0.15) is 0 Å². The molecule has 28 heavy (non-hydrogen) atoms. The van der Waals surface area contributed by atoms with E-state index >= 15 is 0 Å². The van der Waals surface area contributed by atoms with Gasteiger partial charge < -0.3 is 4.98 Å². The number of hydrogen-bond donors (Lipinski definition) is 1. The number of hydrogen-bond acceptors (Lipinski definition) is 5. The Bertz CT molecular complexity index is 1330. The van der Waals surface area contributed by atoms with Crippen LogP contribution in [-0.4, -0.2) is 19.5 Å². The predicted octanol–water partition coefficient (Wildman–Crippen LogP) is 3.76. The molecule has 4 aromatic rings. The van der Waals surface area contributed by atoms with Crippen molar-refractivity contribution in [1.82, 2.24) is 19.5 Å². The van der Waals surface area contributed by atoms with Crippen LogP contribution >= 0.6 is 23.4 Å². The van der Waals surface area contributed by atoms with Crippen molar-refractivity contribution in [3.63, 3.8) is 0 Å². The first kappa shape index (κ1) is 18.5. The standard InChI is InChI=1S/C20H15ClN4O2S/c1-2-9-25-19(27)13-5-3-4-6-15(13)23-20(25)28-11-17-22-16-8-7-12(21)10-14(16)18(26)24-17/h2-8,10H,1,9,11H2,(H,22,24,26). The molecular formula is C20H15ClN4O2S. The number of nitrogens with zero attached hydrogens (tertiary/aromatic N) is 3. The molecule has 2 aromatic carbocycles. The van der Waals surface area contributed by atoms with Gasteiger partial charge in [-0.05, 0) is 30.3 Å². The Morgan fingerprint density at radius 3 is 2.71 bits per heavy atom. The van der Waals surface area contributed by atoms with Gasteiger partial charge in [-0.1, -0.05) is 41.6 Å². The maximum Gasteiger partial charge on any atom is 0.262 e. The third kappa shape index (κ3) is 3.46. The van der Waals surface area contributed by atoms with E-state index in [1.807, 2.05) is 12.1 Å². The third-order valence-electron chi connectivity index (χ3n) is 4.19. The molecular weight excluding hydrogens is 396 g/mol. The number of benzene rings is 2. The van der Waals surface area contributed by atoms with Crippen molar-refractivity contribution in [1.29, 1.82) is 0 Å². The predicted molar refractivity (Wildman–Crippen MR) is 113 cm³/mol. The number of H-pyrrole nitrogens is 1. The first-order valence-corrected chi connectivity index (χ1v) is 9.85. The molecule has 0 amide bonds. The van der Waals surface area contributed by atoms with E-state index in [-0.39, 0.29) is 11.1 Å². The fourth-order valence-electron chi connectivity index (χ4n) is 2.91. The van der Waals surface area contributed by atoms with Gasteiger partial charge in [-0.15, -0.1) is 6.58 Å². The van der Waals surface area contributed by atoms with Crippen molar-refractivity contribution in [2.24, 2.45) is 0 Å². The molecule has 0 spiro atoms. The highest BCUT2D eigenvalue weighted by atomic mass is 35.5. The molecule has 4 rings (SSSR count). The summed E-state index contributed by atoms with van der Waals surface area (Å²) in [6, 6.07) is 12.2. The summed E-state index contributed by atoms with van der Waals surface area (Å²) in [6.45, 7) is 4.07. The molecule has 140 valence electrons. The van der Waals surface area contributed by atoms with Crippen LogP contribution in [0.3, 0.4) is 0 Å². The van der Waals surface area contributed by atoms with Gasteiger partial charge in [0.05, 0.1) is 27.6 Å². The number of aromatic amines is 1. The van der Waals surface area contributed by atoms with Crippen molar-refractivity contribution < 1.29 is 0 Å². The van der Waals surface area contributed by atoms with Gasteiger partial charge in [-0.25, -0.2) is 9.97 Å². The summed E-state index contributed by atoms with van der Waals surface area (Å²) in [7, 11) is 0. The highest BCUT2D eigenvalue weighted by Gasteiger charge is 2.12. The summed E-state index contributed by atoms with van der Waals surface area (Å²) in [5.74, 6) is 0.854. The fourth-order valence-corrected chi connectivity index (χ4v) is 3.96. The van der Waals surface area contributed by atoms with Crippen molar-refractivity contribution in [2.75, 3.05) is 0 Å². The summed E-state index contributed by atoms with van der Waals surface area (Å²) in [5, 5.41) is 2.02. The second-order valence-corrected chi connectivity index (χ2v) is 7.46. The molecule has 0 aliphatic rings. The van der Waals surface area contributed by atoms with Gasteiger partial charge in [0.2, 0.25) is 0 Å². The highest BCUT2D eigenvalue weighted by molar-refractivity contribution is 7.98. The van der Waals surface area contributed by atoms with Crippen molar-refractivity contribution in [3.05, 3.63) is 86.7 Å². The summed E-state index contributed by atoms with van der Waals surface area (Å²) < 4.78 is 1.57. The van der Waals surface area contributed by atoms with Crippen molar-refractivity contribution in [2.45, 2.75) is 17.5 Å². The number of allylic oxidation sites excluding steroid dienone is 1. The van der Waals surface area contributed by atoms with E-state index in [2.05, 4.69) is 21.5 Å². The van der Waals surface area contributed by atoms with Crippen LogP contribution in [-0.2, 0) is 12.3 Å². The van der Waals surface area contributed by atoms with E-state index in [9.17, 15) is 9.59 Å². The lowest BCUT2D eigenvalue weighted by Gasteiger charge is -2.11. The molecule has 0 aliphatic heterocycles. The minimum absolute atomic E-state index is 0.123. The Kier molecular flexibility index (Phi) is 5.02. The van der Waals surface area contributed by atoms with Crippen LogP contribution in [0.25, 0.3) is 21.8 Å². The maximum absolute atomic E-state index is 12.8. The van der Waals surface area contributed by atoms with Gasteiger partial charge in [-0.3, -0.25) is 14.2 Å². The summed E-state index contributed by atoms with van der Waals surface area (Å²) in [6.07, 6.45) is 1.65. The zero-order valence-corrected chi connectivity index (χ0v) is 16.3. The zero-order chi connectivity index (χ0) is 19.7. The summed E-state index contributed by atoms with van der Waals surface area (Å²) in [4.78, 5) is 37.0. The Morgan fingerprint density at radius 1 is 1.11 bits per heavy atom. The van der Waals surface area contributed by atoms with Crippen LogP contribution in [0.5, 0.6) is 0 Å². The molecule has 1 N–H and O–H groups in total. The number of thioether (sulfide) groups is 1. The van der Waals surface area contributed by atoms with Gasteiger partial charge in [0.15, 0.2) is 5.16 Å². The number of rotatable bonds is 5. The Hall–Kier alpha value is -2.90. The number of fused-ring (bicyclic) bond motifs is 2. The van der Waals surface area contributed by atoms with Crippen molar-refractivity contribution in [3.8, 4) is 0 Å². The fraction of sp³-hybridized carbons (Fsp3) is 0.100. The van der Waals surface area contributed by atoms with E-state index in [1.165, 1.54) is 11.8 Å². The van der Waals surface area contributed by atoms with Crippen LogP contribution in [0.4, 0.5) is 0 Å². The van der Waals surface area contributed by atoms with Crippen LogP contribution in [0.15, 0.2) is 69.9 Å². The van der Waals surface area contributed by atoms with Gasteiger partial charge >= 0.3 is 0 Å². The Balaban J connectivity index is 1.72. The highest BCUT2D eigenvalue weighted by Crippen LogP contribution is 2.22. The average Bonchev–Trinajstić information content (AvgIpc) is 2.69. The lowest BCUT2D eigenvalue weighted by atomic mass is 10.2. The monoisotopic (exact) mass is 410 g/mol. The maximum atomic E-state index is 12.8. The summed E-state index contributed by atoms with van der Waals surface area (Å²) >= 11 is 7.28. The molecule has 0 saturated heterocycles. The van der Waals surface area contributed by atoms with Gasteiger partial charge in [0.1, 0.15) is 5.82 Å². The second kappa shape index (κ2) is 7.61. The molecule has 2 heterocycles. The molecule has 0 unspecified atom stereocenters.